The topological polar surface area (TPSA) is 100 Å². The Kier molecular flexibility index (Phi) is 3.50. The fourth-order valence-electron chi connectivity index (χ4n) is 2.27. The number of carbonyl (C=O) groups is 1. The van der Waals surface area contributed by atoms with Gasteiger partial charge >= 0.3 is 5.97 Å². The molecule has 2 aromatic rings. The van der Waals surface area contributed by atoms with E-state index in [4.69, 9.17) is 28.6 Å². The van der Waals surface area contributed by atoms with Gasteiger partial charge in [0.15, 0.2) is 17.2 Å². The van der Waals surface area contributed by atoms with Gasteiger partial charge in [-0.25, -0.2) is 4.79 Å². The lowest BCUT2D eigenvalue weighted by atomic mass is 10.1. The predicted molar refractivity (Wildman–Crippen MR) is 71.9 cm³/mol. The first kappa shape index (κ1) is 14.1. The Morgan fingerprint density at radius 3 is 2.68 bits per heavy atom. The first-order valence-electron chi connectivity index (χ1n) is 6.36. The molecule has 3 rings (SSSR count). The molecule has 0 unspecified atom stereocenters. The molecule has 0 saturated heterocycles. The Hall–Kier alpha value is -2.90. The summed E-state index contributed by atoms with van der Waals surface area (Å²) in [7, 11) is 3.01. The minimum atomic E-state index is -1.15. The van der Waals surface area contributed by atoms with Crippen molar-refractivity contribution in [1.82, 2.24) is 5.16 Å². The van der Waals surface area contributed by atoms with E-state index in [0.29, 0.717) is 34.3 Å². The standard InChI is InChI=1S/C14H13NO7/c1-18-11-7(3-8-5-9(14(16)17)15-22-8)4-10-12(13(11)19-2)21-6-20-10/h4-5H,3,6H2,1-2H3,(H,16,17). The van der Waals surface area contributed by atoms with Crippen molar-refractivity contribution >= 4 is 5.97 Å². The molecule has 1 aliphatic heterocycles. The van der Waals surface area contributed by atoms with E-state index >= 15 is 0 Å². The van der Waals surface area contributed by atoms with E-state index in [9.17, 15) is 4.79 Å². The lowest BCUT2D eigenvalue weighted by Gasteiger charge is -2.14. The predicted octanol–water partition coefficient (Wildman–Crippen LogP) is 1.71. The third-order valence-corrected chi connectivity index (χ3v) is 3.20. The SMILES string of the molecule is COc1c(Cc2cc(C(=O)O)no2)cc2c(c1OC)OCO2. The summed E-state index contributed by atoms with van der Waals surface area (Å²) in [6.45, 7) is 0.101. The molecule has 0 amide bonds. The largest absolute Gasteiger partial charge is 0.492 e. The summed E-state index contributed by atoms with van der Waals surface area (Å²) in [5, 5.41) is 12.4. The number of aromatic carboxylic acids is 1. The summed E-state index contributed by atoms with van der Waals surface area (Å²) in [5.74, 6) is 1.14. The van der Waals surface area contributed by atoms with Crippen LogP contribution in [0.15, 0.2) is 16.7 Å². The van der Waals surface area contributed by atoms with E-state index in [1.165, 1.54) is 20.3 Å². The van der Waals surface area contributed by atoms with Gasteiger partial charge in [0.2, 0.25) is 18.3 Å². The lowest BCUT2D eigenvalue weighted by molar-refractivity contribution is 0.0685. The molecule has 2 heterocycles. The van der Waals surface area contributed by atoms with Crippen LogP contribution in [0.3, 0.4) is 0 Å². The highest BCUT2D eigenvalue weighted by Gasteiger charge is 2.26. The highest BCUT2D eigenvalue weighted by molar-refractivity contribution is 5.85. The molecule has 116 valence electrons. The summed E-state index contributed by atoms with van der Waals surface area (Å²) >= 11 is 0. The van der Waals surface area contributed by atoms with Crippen LogP contribution in [0.5, 0.6) is 23.0 Å². The van der Waals surface area contributed by atoms with E-state index < -0.39 is 5.97 Å². The molecule has 1 aromatic heterocycles. The van der Waals surface area contributed by atoms with Crippen molar-refractivity contribution in [1.29, 1.82) is 0 Å². The number of fused-ring (bicyclic) bond motifs is 1. The molecule has 0 radical (unpaired) electrons. The second-order valence-corrected chi connectivity index (χ2v) is 4.50. The zero-order chi connectivity index (χ0) is 15.7. The van der Waals surface area contributed by atoms with Crippen molar-refractivity contribution in [3.8, 4) is 23.0 Å². The van der Waals surface area contributed by atoms with E-state index in [-0.39, 0.29) is 18.9 Å². The van der Waals surface area contributed by atoms with Crippen LogP contribution in [-0.2, 0) is 6.42 Å². The van der Waals surface area contributed by atoms with Gasteiger partial charge in [0.1, 0.15) is 5.76 Å². The number of nitrogens with zero attached hydrogens (tertiary/aromatic N) is 1. The minimum absolute atomic E-state index is 0.101. The Morgan fingerprint density at radius 2 is 2.05 bits per heavy atom. The van der Waals surface area contributed by atoms with Crippen LogP contribution in [0.2, 0.25) is 0 Å². The highest BCUT2D eigenvalue weighted by atomic mass is 16.7. The number of carboxylic acids is 1. The molecule has 1 N–H and O–H groups in total. The number of ether oxygens (including phenoxy) is 4. The second-order valence-electron chi connectivity index (χ2n) is 4.50. The van der Waals surface area contributed by atoms with Crippen molar-refractivity contribution in [3.05, 3.63) is 29.2 Å². The van der Waals surface area contributed by atoms with Crippen molar-refractivity contribution < 1.29 is 33.4 Å². The van der Waals surface area contributed by atoms with Crippen LogP contribution < -0.4 is 18.9 Å². The number of hydrogen-bond donors (Lipinski definition) is 1. The van der Waals surface area contributed by atoms with Gasteiger partial charge in [-0.15, -0.1) is 0 Å². The molecule has 8 heteroatoms. The van der Waals surface area contributed by atoms with Crippen LogP contribution >= 0.6 is 0 Å². The van der Waals surface area contributed by atoms with Crippen molar-refractivity contribution in [2.45, 2.75) is 6.42 Å². The zero-order valence-electron chi connectivity index (χ0n) is 11.9. The van der Waals surface area contributed by atoms with Gasteiger partial charge in [-0.1, -0.05) is 5.16 Å². The van der Waals surface area contributed by atoms with Gasteiger partial charge in [-0.3, -0.25) is 0 Å². The average Bonchev–Trinajstić information content (AvgIpc) is 3.14. The Morgan fingerprint density at radius 1 is 1.27 bits per heavy atom. The fourth-order valence-corrected chi connectivity index (χ4v) is 2.27. The summed E-state index contributed by atoms with van der Waals surface area (Å²) in [5.41, 5.74) is 0.554. The molecular formula is C14H13NO7. The Labute approximate surface area is 125 Å². The van der Waals surface area contributed by atoms with Crippen LogP contribution in [0.25, 0.3) is 0 Å². The molecule has 0 bridgehead atoms. The molecule has 1 aromatic carbocycles. The van der Waals surface area contributed by atoms with Gasteiger partial charge in [0.25, 0.3) is 0 Å². The monoisotopic (exact) mass is 307 g/mol. The number of rotatable bonds is 5. The van der Waals surface area contributed by atoms with Gasteiger partial charge in [-0.2, -0.15) is 0 Å². The molecule has 0 fully saturated rings. The summed E-state index contributed by atoms with van der Waals surface area (Å²) in [6.07, 6.45) is 0.274. The maximum atomic E-state index is 10.8. The van der Waals surface area contributed by atoms with E-state index in [1.54, 1.807) is 6.07 Å². The zero-order valence-corrected chi connectivity index (χ0v) is 11.9. The van der Waals surface area contributed by atoms with E-state index in [0.717, 1.165) is 0 Å². The van der Waals surface area contributed by atoms with Crippen LogP contribution in [0.4, 0.5) is 0 Å². The summed E-state index contributed by atoms with van der Waals surface area (Å²) < 4.78 is 26.5. The number of benzene rings is 1. The normalized spacial score (nSPS) is 12.3. The fraction of sp³-hybridized carbons (Fsp3) is 0.286. The average molecular weight is 307 g/mol. The van der Waals surface area contributed by atoms with Gasteiger partial charge < -0.3 is 28.6 Å². The van der Waals surface area contributed by atoms with E-state index in [1.807, 2.05) is 0 Å². The van der Waals surface area contributed by atoms with Crippen molar-refractivity contribution in [2.24, 2.45) is 0 Å². The van der Waals surface area contributed by atoms with Gasteiger partial charge in [0.05, 0.1) is 14.2 Å². The first-order valence-corrected chi connectivity index (χ1v) is 6.36. The van der Waals surface area contributed by atoms with Crippen LogP contribution in [-0.4, -0.2) is 37.2 Å². The van der Waals surface area contributed by atoms with Crippen molar-refractivity contribution in [3.63, 3.8) is 0 Å². The smallest absolute Gasteiger partial charge is 0.358 e. The van der Waals surface area contributed by atoms with Crippen molar-refractivity contribution in [2.75, 3.05) is 21.0 Å². The number of hydrogen-bond acceptors (Lipinski definition) is 7. The van der Waals surface area contributed by atoms with E-state index in [2.05, 4.69) is 5.16 Å². The molecule has 8 nitrogen and oxygen atoms in total. The third kappa shape index (κ3) is 2.28. The number of aromatic nitrogens is 1. The second kappa shape index (κ2) is 5.47. The van der Waals surface area contributed by atoms with Gasteiger partial charge in [-0.05, 0) is 6.07 Å². The third-order valence-electron chi connectivity index (χ3n) is 3.20. The number of carboxylic acid groups (broad SMARTS) is 1. The Balaban J connectivity index is 2.00. The molecular weight excluding hydrogens is 294 g/mol. The summed E-state index contributed by atoms with van der Waals surface area (Å²) in [6, 6.07) is 3.10. The number of methoxy groups -OCH3 is 2. The quantitative estimate of drug-likeness (QED) is 0.891. The molecule has 1 aliphatic rings. The lowest BCUT2D eigenvalue weighted by Crippen LogP contribution is -1.98. The summed E-state index contributed by atoms with van der Waals surface area (Å²) in [4.78, 5) is 10.8. The van der Waals surface area contributed by atoms with Gasteiger partial charge in [0, 0.05) is 18.1 Å². The molecule has 0 aliphatic carbocycles. The molecule has 22 heavy (non-hydrogen) atoms. The first-order chi connectivity index (χ1) is 10.6. The highest BCUT2D eigenvalue weighted by Crippen LogP contribution is 2.49. The molecule has 0 spiro atoms. The Bertz CT molecular complexity index is 722. The maximum absolute atomic E-state index is 10.8. The maximum Gasteiger partial charge on any atom is 0.358 e. The molecule has 0 saturated carbocycles. The molecule has 0 atom stereocenters. The van der Waals surface area contributed by atoms with Crippen LogP contribution in [0.1, 0.15) is 21.8 Å². The minimum Gasteiger partial charge on any atom is -0.492 e. The van der Waals surface area contributed by atoms with Crippen LogP contribution in [0, 0.1) is 0 Å².